The number of nitrogens with two attached hydrogens (primary N) is 1. The number of sulfone groups is 1. The molecule has 0 aliphatic carbocycles. The number of hydrogen-bond acceptors (Lipinski definition) is 6. The predicted octanol–water partition coefficient (Wildman–Crippen LogP) is 2.53. The van der Waals surface area contributed by atoms with E-state index in [1.54, 1.807) is 31.2 Å². The fourth-order valence-electron chi connectivity index (χ4n) is 3.19. The summed E-state index contributed by atoms with van der Waals surface area (Å²) >= 11 is 0. The van der Waals surface area contributed by atoms with E-state index in [0.29, 0.717) is 16.8 Å². The van der Waals surface area contributed by atoms with E-state index in [9.17, 15) is 16.8 Å². The van der Waals surface area contributed by atoms with Gasteiger partial charge in [0.2, 0.25) is 10.0 Å². The van der Waals surface area contributed by atoms with E-state index < -0.39 is 24.6 Å². The third kappa shape index (κ3) is 4.11. The minimum atomic E-state index is -3.98. The molecule has 154 valence electrons. The van der Waals surface area contributed by atoms with Crippen LogP contribution >= 0.6 is 0 Å². The Balaban J connectivity index is 2.17. The maximum atomic E-state index is 13.7. The molecule has 0 saturated heterocycles. The smallest absolute Gasteiger partial charge is 0.238 e. The summed E-state index contributed by atoms with van der Waals surface area (Å²) in [5.74, 6) is 0. The number of primary sulfonamides is 1. The van der Waals surface area contributed by atoms with Gasteiger partial charge in [-0.3, -0.25) is 4.98 Å². The molecule has 0 saturated carbocycles. The first kappa shape index (κ1) is 21.6. The fraction of sp³-hybridized carbons (Fsp3) is 0.143. The molecule has 2 aromatic carbocycles. The predicted molar refractivity (Wildman–Crippen MR) is 111 cm³/mol. The lowest BCUT2D eigenvalue weighted by Crippen LogP contribution is -2.36. The molecule has 0 radical (unpaired) electrons. The molecular formula is C21H19N3O4S2. The number of aromatic nitrogens is 1. The maximum Gasteiger partial charge on any atom is 0.238 e. The number of benzene rings is 2. The summed E-state index contributed by atoms with van der Waals surface area (Å²) in [6, 6.07) is 18.5. The van der Waals surface area contributed by atoms with Crippen molar-refractivity contribution in [3.05, 3.63) is 89.7 Å². The first-order valence-electron chi connectivity index (χ1n) is 8.86. The molecular weight excluding hydrogens is 422 g/mol. The Labute approximate surface area is 175 Å². The molecule has 0 spiro atoms. The minimum Gasteiger partial charge on any atom is -0.260 e. The Kier molecular flexibility index (Phi) is 5.76. The van der Waals surface area contributed by atoms with Gasteiger partial charge in [0.1, 0.15) is 4.75 Å². The van der Waals surface area contributed by atoms with Crippen molar-refractivity contribution in [2.24, 2.45) is 5.14 Å². The minimum absolute atomic E-state index is 0.0320. The molecule has 2 N–H and O–H groups in total. The quantitative estimate of drug-likeness (QED) is 0.625. The molecule has 0 aliphatic heterocycles. The first-order chi connectivity index (χ1) is 14.1. The highest BCUT2D eigenvalue weighted by Crippen LogP contribution is 2.37. The number of nitriles is 1. The molecule has 1 atom stereocenters. The average molecular weight is 442 g/mol. The first-order valence-corrected chi connectivity index (χ1v) is 11.9. The van der Waals surface area contributed by atoms with Crippen LogP contribution in [0.15, 0.2) is 82.7 Å². The van der Waals surface area contributed by atoms with Crippen LogP contribution in [0, 0.1) is 11.3 Å². The van der Waals surface area contributed by atoms with Crippen molar-refractivity contribution in [3.63, 3.8) is 0 Å². The Morgan fingerprint density at radius 1 is 0.967 bits per heavy atom. The van der Waals surface area contributed by atoms with Crippen molar-refractivity contribution < 1.29 is 16.8 Å². The molecule has 30 heavy (non-hydrogen) atoms. The van der Waals surface area contributed by atoms with E-state index in [-0.39, 0.29) is 16.2 Å². The van der Waals surface area contributed by atoms with Crippen LogP contribution in [-0.4, -0.2) is 21.8 Å². The molecule has 3 rings (SSSR count). The number of pyridine rings is 1. The lowest BCUT2D eigenvalue weighted by molar-refractivity contribution is 0.529. The van der Waals surface area contributed by atoms with Crippen molar-refractivity contribution in [2.75, 3.05) is 0 Å². The van der Waals surface area contributed by atoms with Crippen LogP contribution in [0.4, 0.5) is 0 Å². The van der Waals surface area contributed by atoms with E-state index in [0.717, 1.165) is 0 Å². The van der Waals surface area contributed by atoms with Crippen LogP contribution in [0.5, 0.6) is 0 Å². The van der Waals surface area contributed by atoms with Gasteiger partial charge >= 0.3 is 0 Å². The highest BCUT2D eigenvalue weighted by Gasteiger charge is 2.43. The van der Waals surface area contributed by atoms with Crippen LogP contribution in [0.25, 0.3) is 0 Å². The van der Waals surface area contributed by atoms with Gasteiger partial charge in [-0.15, -0.1) is 0 Å². The summed E-state index contributed by atoms with van der Waals surface area (Å²) in [6.07, 6.45) is 1.47. The molecule has 1 aromatic heterocycles. The Hall–Kier alpha value is -3.06. The zero-order valence-corrected chi connectivity index (χ0v) is 17.7. The summed E-state index contributed by atoms with van der Waals surface area (Å²) < 4.78 is 49.3. The van der Waals surface area contributed by atoms with Crippen LogP contribution in [0.1, 0.15) is 23.7 Å². The lowest BCUT2D eigenvalue weighted by atomic mass is 9.96. The van der Waals surface area contributed by atoms with Gasteiger partial charge in [0.25, 0.3) is 0 Å². The standard InChI is InChI=1S/C21H19N3O4S2/c1-21(20-7-2-3-12-24-20,14-17-5-4-6-19(13-17)30(23,27)28)29(25,26)18-10-8-16(15-22)9-11-18/h2-13H,14H2,1H3,(H2,23,27,28). The van der Waals surface area contributed by atoms with Gasteiger partial charge in [0, 0.05) is 6.20 Å². The number of sulfonamides is 1. The topological polar surface area (TPSA) is 131 Å². The Morgan fingerprint density at radius 3 is 2.23 bits per heavy atom. The van der Waals surface area contributed by atoms with Crippen molar-refractivity contribution in [2.45, 2.75) is 27.9 Å². The zero-order chi connectivity index (χ0) is 22.0. The summed E-state index contributed by atoms with van der Waals surface area (Å²) in [6.45, 7) is 1.55. The van der Waals surface area contributed by atoms with Gasteiger partial charge in [0.15, 0.2) is 9.84 Å². The SMILES string of the molecule is CC(Cc1cccc(S(N)(=O)=O)c1)(c1ccccn1)S(=O)(=O)c1ccc(C#N)cc1. The number of nitrogens with zero attached hydrogens (tertiary/aromatic N) is 2. The van der Waals surface area contributed by atoms with Crippen LogP contribution in [0.2, 0.25) is 0 Å². The van der Waals surface area contributed by atoms with E-state index in [1.165, 1.54) is 48.7 Å². The third-order valence-corrected chi connectivity index (χ3v) is 8.21. The molecule has 0 aliphatic rings. The molecule has 1 heterocycles. The second kappa shape index (κ2) is 7.99. The van der Waals surface area contributed by atoms with E-state index >= 15 is 0 Å². The largest absolute Gasteiger partial charge is 0.260 e. The molecule has 9 heteroatoms. The molecule has 0 bridgehead atoms. The van der Waals surface area contributed by atoms with Crippen LogP contribution in [-0.2, 0) is 31.0 Å². The van der Waals surface area contributed by atoms with Gasteiger partial charge in [-0.05, 0) is 67.4 Å². The third-order valence-electron chi connectivity index (χ3n) is 4.86. The average Bonchev–Trinajstić information content (AvgIpc) is 2.74. The zero-order valence-electron chi connectivity index (χ0n) is 16.1. The van der Waals surface area contributed by atoms with Crippen molar-refractivity contribution >= 4 is 19.9 Å². The van der Waals surface area contributed by atoms with E-state index in [1.807, 2.05) is 6.07 Å². The summed E-state index contributed by atoms with van der Waals surface area (Å²) in [5.41, 5.74) is 1.14. The van der Waals surface area contributed by atoms with Crippen LogP contribution < -0.4 is 5.14 Å². The molecule has 3 aromatic rings. The summed E-state index contributed by atoms with van der Waals surface area (Å²) in [5, 5.41) is 14.2. The molecule has 0 fully saturated rings. The van der Waals surface area contributed by atoms with Gasteiger partial charge in [0.05, 0.1) is 27.1 Å². The van der Waals surface area contributed by atoms with Gasteiger partial charge < -0.3 is 0 Å². The second-order valence-electron chi connectivity index (χ2n) is 6.95. The van der Waals surface area contributed by atoms with Crippen molar-refractivity contribution in [1.29, 1.82) is 5.26 Å². The number of rotatable bonds is 6. The van der Waals surface area contributed by atoms with Gasteiger partial charge in [-0.1, -0.05) is 18.2 Å². The Morgan fingerprint density at radius 2 is 1.67 bits per heavy atom. The summed E-state index contributed by atoms with van der Waals surface area (Å²) in [4.78, 5) is 4.21. The summed E-state index contributed by atoms with van der Waals surface area (Å²) in [7, 11) is -7.91. The fourth-order valence-corrected chi connectivity index (χ4v) is 5.54. The number of hydrogen-bond donors (Lipinski definition) is 1. The highest BCUT2D eigenvalue weighted by atomic mass is 32.2. The lowest BCUT2D eigenvalue weighted by Gasteiger charge is -2.29. The molecule has 1 unspecified atom stereocenters. The van der Waals surface area contributed by atoms with Crippen LogP contribution in [0.3, 0.4) is 0 Å². The monoisotopic (exact) mass is 441 g/mol. The van der Waals surface area contributed by atoms with Crippen molar-refractivity contribution in [3.8, 4) is 6.07 Å². The normalized spacial score (nSPS) is 13.9. The van der Waals surface area contributed by atoms with Gasteiger partial charge in [-0.25, -0.2) is 22.0 Å². The maximum absolute atomic E-state index is 13.7. The van der Waals surface area contributed by atoms with E-state index in [2.05, 4.69) is 4.98 Å². The molecule has 7 nitrogen and oxygen atoms in total. The second-order valence-corrected chi connectivity index (χ2v) is 10.9. The molecule has 0 amide bonds. The van der Waals surface area contributed by atoms with E-state index in [4.69, 9.17) is 10.4 Å². The van der Waals surface area contributed by atoms with Crippen molar-refractivity contribution in [1.82, 2.24) is 4.98 Å². The Bertz CT molecular complexity index is 1310. The highest BCUT2D eigenvalue weighted by molar-refractivity contribution is 7.92. The van der Waals surface area contributed by atoms with Gasteiger partial charge in [-0.2, -0.15) is 5.26 Å².